The number of rotatable bonds is 6. The molecule has 2 aromatic heterocycles. The molecule has 2 N–H and O–H groups in total. The minimum absolute atomic E-state index is 0.0852. The molecule has 0 saturated heterocycles. The van der Waals surface area contributed by atoms with E-state index >= 15 is 0 Å². The normalized spacial score (nSPS) is 10.7. The van der Waals surface area contributed by atoms with Gasteiger partial charge in [-0.05, 0) is 19.4 Å². The van der Waals surface area contributed by atoms with Crippen molar-refractivity contribution in [3.8, 4) is 0 Å². The number of anilines is 1. The second kappa shape index (κ2) is 8.01. The van der Waals surface area contributed by atoms with Gasteiger partial charge in [-0.3, -0.25) is 14.9 Å². The molecular weight excluding hydrogens is 352 g/mol. The fraction of sp³-hybridized carbons (Fsp3) is 0.222. The molecule has 0 fully saturated rings. The molecule has 3 rings (SSSR count). The zero-order valence-electron chi connectivity index (χ0n) is 14.4. The average Bonchev–Trinajstić information content (AvgIpc) is 3.02. The Morgan fingerprint density at radius 2 is 2.00 bits per heavy atom. The maximum Gasteiger partial charge on any atom is 0.301 e. The number of hydrogen-bond acceptors (Lipinski definition) is 6. The van der Waals surface area contributed by atoms with E-state index in [2.05, 4.69) is 20.3 Å². The van der Waals surface area contributed by atoms with Gasteiger partial charge in [-0.1, -0.05) is 42.1 Å². The van der Waals surface area contributed by atoms with Crippen molar-refractivity contribution in [3.63, 3.8) is 0 Å². The molecule has 2 heterocycles. The second-order valence-corrected chi connectivity index (χ2v) is 6.69. The van der Waals surface area contributed by atoms with Crippen molar-refractivity contribution >= 4 is 23.7 Å². The summed E-state index contributed by atoms with van der Waals surface area (Å²) in [6.45, 7) is 3.57. The molecule has 8 heteroatoms. The Morgan fingerprint density at radius 1 is 1.23 bits per heavy atom. The molecule has 26 heavy (non-hydrogen) atoms. The molecule has 0 atom stereocenters. The Labute approximate surface area is 154 Å². The molecule has 1 amide bonds. The number of aromatic amines is 1. The molecule has 0 aliphatic carbocycles. The van der Waals surface area contributed by atoms with Crippen LogP contribution in [0.1, 0.15) is 22.5 Å². The summed E-state index contributed by atoms with van der Waals surface area (Å²) in [6.07, 6.45) is 1.97. The number of carbonyl (C=O) groups excluding carboxylic acids is 1. The van der Waals surface area contributed by atoms with Crippen LogP contribution in [0.25, 0.3) is 0 Å². The van der Waals surface area contributed by atoms with Gasteiger partial charge in [-0.2, -0.15) is 4.98 Å². The van der Waals surface area contributed by atoms with Gasteiger partial charge in [0.15, 0.2) is 5.16 Å². The first-order valence-corrected chi connectivity index (χ1v) is 8.98. The zero-order chi connectivity index (χ0) is 18.5. The topological polar surface area (TPSA) is 101 Å². The van der Waals surface area contributed by atoms with Crippen LogP contribution >= 0.6 is 11.8 Å². The number of nitrogens with zero attached hydrogens (tertiary/aromatic N) is 2. The Hall–Kier alpha value is -2.87. The number of H-pyrrole nitrogens is 1. The summed E-state index contributed by atoms with van der Waals surface area (Å²) in [6, 6.07) is 9.90. The number of carbonyl (C=O) groups is 1. The van der Waals surface area contributed by atoms with Gasteiger partial charge in [0.2, 0.25) is 5.91 Å². The number of nitrogens with one attached hydrogen (secondary N) is 2. The van der Waals surface area contributed by atoms with Crippen LogP contribution in [0, 0.1) is 13.8 Å². The van der Waals surface area contributed by atoms with Crippen molar-refractivity contribution in [1.82, 2.24) is 15.0 Å². The van der Waals surface area contributed by atoms with Crippen LogP contribution in [0.5, 0.6) is 0 Å². The lowest BCUT2D eigenvalue weighted by Crippen LogP contribution is -2.19. The van der Waals surface area contributed by atoms with Gasteiger partial charge < -0.3 is 9.40 Å². The van der Waals surface area contributed by atoms with Crippen molar-refractivity contribution in [2.45, 2.75) is 25.4 Å². The number of aromatic nitrogens is 3. The molecular formula is C18H18N4O3S. The van der Waals surface area contributed by atoms with Crippen LogP contribution in [0.3, 0.4) is 0 Å². The van der Waals surface area contributed by atoms with Crippen molar-refractivity contribution < 1.29 is 9.21 Å². The van der Waals surface area contributed by atoms with Gasteiger partial charge in [0.25, 0.3) is 5.56 Å². The lowest BCUT2D eigenvalue weighted by atomic mass is 10.1. The van der Waals surface area contributed by atoms with Crippen LogP contribution in [-0.4, -0.2) is 26.6 Å². The highest BCUT2D eigenvalue weighted by Crippen LogP contribution is 2.15. The lowest BCUT2D eigenvalue weighted by molar-refractivity contribution is -0.113. The van der Waals surface area contributed by atoms with Gasteiger partial charge in [0.05, 0.1) is 11.4 Å². The SMILES string of the molecule is Cc1coc(NC(=O)CSc2nc(C)c(Cc3ccccc3)c(=O)[nH]2)n1. The first kappa shape index (κ1) is 17.9. The number of oxazole rings is 1. The number of thioether (sulfide) groups is 1. The van der Waals surface area contributed by atoms with Crippen LogP contribution in [0.2, 0.25) is 0 Å². The third-order valence-electron chi connectivity index (χ3n) is 3.63. The summed E-state index contributed by atoms with van der Waals surface area (Å²) in [5, 5.41) is 2.95. The van der Waals surface area contributed by atoms with E-state index in [0.29, 0.717) is 28.5 Å². The first-order valence-electron chi connectivity index (χ1n) is 8.00. The minimum atomic E-state index is -0.287. The summed E-state index contributed by atoms with van der Waals surface area (Å²) in [5.41, 5.74) is 2.82. The van der Waals surface area contributed by atoms with Crippen molar-refractivity contribution in [2.75, 3.05) is 11.1 Å². The van der Waals surface area contributed by atoms with Crippen LogP contribution in [-0.2, 0) is 11.2 Å². The number of benzene rings is 1. The maximum absolute atomic E-state index is 12.4. The van der Waals surface area contributed by atoms with E-state index in [1.165, 1.54) is 6.26 Å². The quantitative estimate of drug-likeness (QED) is 0.511. The van der Waals surface area contributed by atoms with E-state index in [4.69, 9.17) is 4.42 Å². The van der Waals surface area contributed by atoms with Gasteiger partial charge in [-0.15, -0.1) is 0 Å². The third-order valence-corrected chi connectivity index (χ3v) is 4.50. The lowest BCUT2D eigenvalue weighted by Gasteiger charge is -2.07. The molecule has 1 aromatic carbocycles. The van der Waals surface area contributed by atoms with Crippen LogP contribution in [0.15, 0.2) is 51.0 Å². The van der Waals surface area contributed by atoms with E-state index in [0.717, 1.165) is 17.3 Å². The van der Waals surface area contributed by atoms with Crippen molar-refractivity contribution in [1.29, 1.82) is 0 Å². The van der Waals surface area contributed by atoms with E-state index in [1.54, 1.807) is 13.8 Å². The molecule has 0 unspecified atom stereocenters. The molecule has 3 aromatic rings. The Kier molecular flexibility index (Phi) is 5.52. The summed E-state index contributed by atoms with van der Waals surface area (Å²) >= 11 is 1.15. The van der Waals surface area contributed by atoms with E-state index < -0.39 is 0 Å². The summed E-state index contributed by atoms with van der Waals surface area (Å²) in [5.74, 6) is -0.201. The fourth-order valence-corrected chi connectivity index (χ4v) is 3.07. The van der Waals surface area contributed by atoms with E-state index in [1.807, 2.05) is 30.3 Å². The number of amides is 1. The Bertz CT molecular complexity index is 966. The van der Waals surface area contributed by atoms with Crippen LogP contribution in [0.4, 0.5) is 6.01 Å². The molecule has 0 bridgehead atoms. The fourth-order valence-electron chi connectivity index (χ4n) is 2.36. The van der Waals surface area contributed by atoms with Gasteiger partial charge in [0.1, 0.15) is 6.26 Å². The number of aryl methyl sites for hydroxylation is 2. The highest BCUT2D eigenvalue weighted by Gasteiger charge is 2.12. The molecule has 0 aliphatic rings. The summed E-state index contributed by atoms with van der Waals surface area (Å²) in [7, 11) is 0. The average molecular weight is 370 g/mol. The zero-order valence-corrected chi connectivity index (χ0v) is 15.2. The predicted octanol–water partition coefficient (Wildman–Crippen LogP) is 2.70. The van der Waals surface area contributed by atoms with Gasteiger partial charge >= 0.3 is 6.01 Å². The highest BCUT2D eigenvalue weighted by molar-refractivity contribution is 7.99. The second-order valence-electron chi connectivity index (χ2n) is 5.73. The standard InChI is InChI=1S/C18H18N4O3S/c1-11-9-25-17(19-11)21-15(23)10-26-18-20-12(2)14(16(24)22-18)8-13-6-4-3-5-7-13/h3-7,9H,8,10H2,1-2H3,(H,19,21,23)(H,20,22,24). The molecule has 0 spiro atoms. The minimum Gasteiger partial charge on any atom is -0.432 e. The molecule has 0 aliphatic heterocycles. The Balaban J connectivity index is 1.64. The van der Waals surface area contributed by atoms with Gasteiger partial charge in [0, 0.05) is 17.7 Å². The van der Waals surface area contributed by atoms with Crippen molar-refractivity contribution in [2.24, 2.45) is 0 Å². The first-order chi connectivity index (χ1) is 12.5. The van der Waals surface area contributed by atoms with Gasteiger partial charge in [-0.25, -0.2) is 4.98 Å². The smallest absolute Gasteiger partial charge is 0.301 e. The Morgan fingerprint density at radius 3 is 2.65 bits per heavy atom. The predicted molar refractivity (Wildman–Crippen MR) is 99.4 cm³/mol. The highest BCUT2D eigenvalue weighted by atomic mass is 32.2. The van der Waals surface area contributed by atoms with E-state index in [-0.39, 0.29) is 23.2 Å². The summed E-state index contributed by atoms with van der Waals surface area (Å²) < 4.78 is 5.07. The maximum atomic E-state index is 12.4. The van der Waals surface area contributed by atoms with E-state index in [9.17, 15) is 9.59 Å². The van der Waals surface area contributed by atoms with Crippen molar-refractivity contribution in [3.05, 3.63) is 69.5 Å². The molecule has 0 radical (unpaired) electrons. The molecule has 134 valence electrons. The summed E-state index contributed by atoms with van der Waals surface area (Å²) in [4.78, 5) is 35.4. The third kappa shape index (κ3) is 4.60. The van der Waals surface area contributed by atoms with Crippen LogP contribution < -0.4 is 10.9 Å². The molecule has 7 nitrogen and oxygen atoms in total. The largest absolute Gasteiger partial charge is 0.432 e. The molecule has 0 saturated carbocycles. The number of hydrogen-bond donors (Lipinski definition) is 2. The monoisotopic (exact) mass is 370 g/mol.